The van der Waals surface area contributed by atoms with Crippen molar-refractivity contribution in [1.82, 2.24) is 0 Å². The van der Waals surface area contributed by atoms with E-state index >= 15 is 0 Å². The lowest BCUT2D eigenvalue weighted by molar-refractivity contribution is -0.161. The first-order valence-corrected chi connectivity index (χ1v) is 23.4. The molecule has 324 valence electrons. The van der Waals surface area contributed by atoms with Crippen LogP contribution in [-0.4, -0.2) is 61.0 Å². The van der Waals surface area contributed by atoms with E-state index in [1.807, 2.05) is 6.08 Å². The van der Waals surface area contributed by atoms with Crippen LogP contribution in [0.5, 0.6) is 0 Å². The minimum Gasteiger partial charge on any atom is -0.462 e. The van der Waals surface area contributed by atoms with Crippen molar-refractivity contribution in [3.8, 4) is 0 Å². The van der Waals surface area contributed by atoms with Gasteiger partial charge in [0.05, 0.1) is 13.2 Å². The Balaban J connectivity index is 4.25. The van der Waals surface area contributed by atoms with Crippen molar-refractivity contribution in [2.45, 2.75) is 180 Å². The number of aliphatic hydroxyl groups excluding tert-OH is 1. The maximum Gasteiger partial charge on any atom is 0.472 e. The Morgan fingerprint density at radius 2 is 1.02 bits per heavy atom. The number of rotatable bonds is 41. The van der Waals surface area contributed by atoms with E-state index in [1.165, 1.54) is 64.2 Å². The lowest BCUT2D eigenvalue weighted by atomic mass is 10.1. The number of aliphatic hydroxyl groups is 1. The third-order valence-electron chi connectivity index (χ3n) is 8.93. The Morgan fingerprint density at radius 1 is 0.571 bits per heavy atom. The molecule has 2 atom stereocenters. The zero-order valence-corrected chi connectivity index (χ0v) is 35.9. The van der Waals surface area contributed by atoms with Gasteiger partial charge >= 0.3 is 19.8 Å². The molecule has 0 fully saturated rings. The summed E-state index contributed by atoms with van der Waals surface area (Å²) >= 11 is 0. The molecular formula is C45H80NO9P. The number of unbranched alkanes of at least 4 members (excludes halogenated alkanes) is 17. The highest BCUT2D eigenvalue weighted by molar-refractivity contribution is 7.47. The highest BCUT2D eigenvalue weighted by atomic mass is 31.2. The molecule has 0 aliphatic rings. The highest BCUT2D eigenvalue weighted by Gasteiger charge is 2.25. The number of phosphoric acid groups is 1. The minimum atomic E-state index is -4.40. The number of hydrogen-bond acceptors (Lipinski definition) is 9. The van der Waals surface area contributed by atoms with Gasteiger partial charge in [-0.15, -0.1) is 0 Å². The second-order valence-electron chi connectivity index (χ2n) is 14.3. The molecule has 0 radical (unpaired) electrons. The van der Waals surface area contributed by atoms with Gasteiger partial charge in [-0.25, -0.2) is 4.57 Å². The van der Waals surface area contributed by atoms with E-state index in [-0.39, 0.29) is 39.2 Å². The summed E-state index contributed by atoms with van der Waals surface area (Å²) in [5.74, 6) is -0.916. The molecule has 11 heteroatoms. The lowest BCUT2D eigenvalue weighted by Crippen LogP contribution is -2.29. The SMILES string of the molecule is CCCCCCCC/C=C\CCCCCCCCCC(=O)O[C@H](COC(=O)CCC/C=C\C/C=C\C/C=C\C/C=C\CCCCCO)COP(=O)(O)OCCN. The van der Waals surface area contributed by atoms with E-state index in [0.717, 1.165) is 77.0 Å². The van der Waals surface area contributed by atoms with Gasteiger partial charge in [-0.3, -0.25) is 18.6 Å². The number of allylic oxidation sites excluding steroid dienone is 10. The summed E-state index contributed by atoms with van der Waals surface area (Å²) in [7, 11) is -4.40. The number of carbonyl (C=O) groups excluding carboxylic acids is 2. The molecule has 0 heterocycles. The Morgan fingerprint density at radius 3 is 1.55 bits per heavy atom. The van der Waals surface area contributed by atoms with Gasteiger partial charge in [0, 0.05) is 26.0 Å². The molecule has 0 aliphatic heterocycles. The molecule has 0 aromatic heterocycles. The summed E-state index contributed by atoms with van der Waals surface area (Å²) in [5.41, 5.74) is 5.34. The first-order valence-electron chi connectivity index (χ1n) is 21.9. The van der Waals surface area contributed by atoms with E-state index in [1.54, 1.807) is 0 Å². The molecule has 56 heavy (non-hydrogen) atoms. The largest absolute Gasteiger partial charge is 0.472 e. The van der Waals surface area contributed by atoms with Gasteiger partial charge in [-0.2, -0.15) is 0 Å². The summed E-state index contributed by atoms with van der Waals surface area (Å²) in [6.45, 7) is 1.66. The van der Waals surface area contributed by atoms with Crippen LogP contribution < -0.4 is 5.73 Å². The predicted octanol–water partition coefficient (Wildman–Crippen LogP) is 11.5. The molecule has 0 amide bonds. The van der Waals surface area contributed by atoms with Crippen LogP contribution in [0, 0.1) is 0 Å². The fraction of sp³-hybridized carbons (Fsp3) is 0.733. The van der Waals surface area contributed by atoms with Gasteiger partial charge in [0.1, 0.15) is 6.61 Å². The molecular weight excluding hydrogens is 729 g/mol. The standard InChI is InChI=1S/C45H80NO9P/c1-2-3-4-5-6-7-8-9-10-12-16-19-22-25-28-31-34-37-45(49)55-43(42-54-56(50,51)53-40-38-46)41-52-44(48)36-33-30-27-24-21-18-15-13-11-14-17-20-23-26-29-32-35-39-47/h9-11,14-15,18,20,23-24,27,43,47H,2-8,12-13,16-17,19,21-22,25-26,28-42,46H2,1H3,(H,50,51)/b10-9-,14-11-,18-15-,23-20-,27-24-/t43-/m1/s1. The Kier molecular flexibility index (Phi) is 40.5. The van der Waals surface area contributed by atoms with Crippen LogP contribution in [0.15, 0.2) is 60.8 Å². The molecule has 0 aromatic carbocycles. The summed E-state index contributed by atoms with van der Waals surface area (Å²) in [5, 5.41) is 8.79. The van der Waals surface area contributed by atoms with Gasteiger partial charge < -0.3 is 25.2 Å². The lowest BCUT2D eigenvalue weighted by Gasteiger charge is -2.19. The van der Waals surface area contributed by atoms with E-state index in [2.05, 4.69) is 61.6 Å². The number of hydrogen-bond donors (Lipinski definition) is 3. The Labute approximate surface area is 341 Å². The maximum absolute atomic E-state index is 12.6. The number of phosphoric ester groups is 1. The van der Waals surface area contributed by atoms with Crippen LogP contribution in [0.25, 0.3) is 0 Å². The van der Waals surface area contributed by atoms with Crippen molar-refractivity contribution in [3.05, 3.63) is 60.8 Å². The van der Waals surface area contributed by atoms with Crippen molar-refractivity contribution in [2.24, 2.45) is 5.73 Å². The molecule has 10 nitrogen and oxygen atoms in total. The third-order valence-corrected chi connectivity index (χ3v) is 9.91. The zero-order valence-electron chi connectivity index (χ0n) is 35.0. The minimum absolute atomic E-state index is 0.0389. The average molecular weight is 810 g/mol. The molecule has 0 spiro atoms. The first kappa shape index (κ1) is 53.7. The monoisotopic (exact) mass is 810 g/mol. The average Bonchev–Trinajstić information content (AvgIpc) is 3.18. The zero-order chi connectivity index (χ0) is 41.1. The maximum atomic E-state index is 12.6. The molecule has 1 unspecified atom stereocenters. The second-order valence-corrected chi connectivity index (χ2v) is 15.7. The molecule has 4 N–H and O–H groups in total. The molecule has 0 bridgehead atoms. The first-order chi connectivity index (χ1) is 27.3. The van der Waals surface area contributed by atoms with Crippen molar-refractivity contribution in [1.29, 1.82) is 0 Å². The highest BCUT2D eigenvalue weighted by Crippen LogP contribution is 2.43. The van der Waals surface area contributed by atoms with Crippen molar-refractivity contribution < 1.29 is 42.7 Å². The summed E-state index contributed by atoms with van der Waals surface area (Å²) < 4.78 is 32.7. The molecule has 0 aliphatic carbocycles. The number of ether oxygens (including phenoxy) is 2. The predicted molar refractivity (Wildman–Crippen MR) is 230 cm³/mol. The van der Waals surface area contributed by atoms with Crippen LogP contribution in [0.4, 0.5) is 0 Å². The second kappa shape index (κ2) is 42.3. The van der Waals surface area contributed by atoms with Gasteiger partial charge in [0.15, 0.2) is 6.10 Å². The van der Waals surface area contributed by atoms with Crippen molar-refractivity contribution in [2.75, 3.05) is 33.0 Å². The topological polar surface area (TPSA) is 155 Å². The normalized spacial score (nSPS) is 13.9. The van der Waals surface area contributed by atoms with E-state index in [0.29, 0.717) is 12.8 Å². The third kappa shape index (κ3) is 41.3. The summed E-state index contributed by atoms with van der Waals surface area (Å²) in [6.07, 6.45) is 47.0. The van der Waals surface area contributed by atoms with E-state index in [4.69, 9.17) is 29.4 Å². The number of carbonyl (C=O) groups is 2. The fourth-order valence-corrected chi connectivity index (χ4v) is 6.42. The van der Waals surface area contributed by atoms with E-state index < -0.39 is 32.5 Å². The van der Waals surface area contributed by atoms with Crippen LogP contribution in [-0.2, 0) is 32.7 Å². The Bertz CT molecular complexity index is 1110. The van der Waals surface area contributed by atoms with Gasteiger partial charge in [0.25, 0.3) is 0 Å². The number of esters is 2. The summed E-state index contributed by atoms with van der Waals surface area (Å²) in [4.78, 5) is 34.8. The molecule has 0 saturated heterocycles. The molecule has 0 aromatic rings. The van der Waals surface area contributed by atoms with Crippen LogP contribution in [0.3, 0.4) is 0 Å². The van der Waals surface area contributed by atoms with Gasteiger partial charge in [-0.1, -0.05) is 138 Å². The quantitative estimate of drug-likeness (QED) is 0.0235. The fourth-order valence-electron chi connectivity index (χ4n) is 5.66. The van der Waals surface area contributed by atoms with Crippen LogP contribution in [0.2, 0.25) is 0 Å². The summed E-state index contributed by atoms with van der Waals surface area (Å²) in [6, 6.07) is 0. The van der Waals surface area contributed by atoms with Gasteiger partial charge in [-0.05, 0) is 83.5 Å². The molecule has 0 rings (SSSR count). The molecule has 0 saturated carbocycles. The van der Waals surface area contributed by atoms with Crippen molar-refractivity contribution >= 4 is 19.8 Å². The smallest absolute Gasteiger partial charge is 0.462 e. The van der Waals surface area contributed by atoms with Crippen LogP contribution >= 0.6 is 7.82 Å². The van der Waals surface area contributed by atoms with Crippen molar-refractivity contribution in [3.63, 3.8) is 0 Å². The van der Waals surface area contributed by atoms with Gasteiger partial charge in [0.2, 0.25) is 0 Å². The van der Waals surface area contributed by atoms with Crippen LogP contribution in [0.1, 0.15) is 174 Å². The number of nitrogens with two attached hydrogens (primary N) is 1. The van der Waals surface area contributed by atoms with E-state index in [9.17, 15) is 19.0 Å². The Hall–Kier alpha value is -2.33.